The van der Waals surface area contributed by atoms with Crippen LogP contribution in [-0.2, 0) is 4.79 Å². The van der Waals surface area contributed by atoms with E-state index in [0.29, 0.717) is 5.56 Å². The summed E-state index contributed by atoms with van der Waals surface area (Å²) in [7, 11) is 0. The number of nitrogens with one attached hydrogen (secondary N) is 1. The second kappa shape index (κ2) is 8.68. The summed E-state index contributed by atoms with van der Waals surface area (Å²) in [6.45, 7) is 2.21. The molecule has 5 nitrogen and oxygen atoms in total. The molecule has 0 aromatic heterocycles. The van der Waals surface area contributed by atoms with Crippen molar-refractivity contribution in [3.8, 4) is 5.75 Å². The van der Waals surface area contributed by atoms with Gasteiger partial charge in [-0.3, -0.25) is 4.79 Å². The second-order valence-corrected chi connectivity index (χ2v) is 7.46. The number of aliphatic hydroxyl groups excluding tert-OH is 1. The molecule has 1 amide bonds. The van der Waals surface area contributed by atoms with Crippen molar-refractivity contribution >= 4 is 5.91 Å². The number of carbonyl (C=O) groups is 1. The molecular formula is C20H30N2O3. The smallest absolute Gasteiger partial charge is 0.223 e. The van der Waals surface area contributed by atoms with Gasteiger partial charge >= 0.3 is 0 Å². The summed E-state index contributed by atoms with van der Waals surface area (Å²) in [4.78, 5) is 15.0. The minimum absolute atomic E-state index is 0.0440. The van der Waals surface area contributed by atoms with Crippen molar-refractivity contribution in [1.29, 1.82) is 0 Å². The number of phenols is 1. The van der Waals surface area contributed by atoms with E-state index in [1.807, 2.05) is 0 Å². The van der Waals surface area contributed by atoms with E-state index in [1.54, 1.807) is 18.2 Å². The van der Waals surface area contributed by atoms with Crippen LogP contribution in [-0.4, -0.2) is 46.7 Å². The SMILES string of the molecule is O=C(NC[C@@H](O)c1cccc(O)c1)C1CCN(C2CCCCC2)CC1. The first-order chi connectivity index (χ1) is 12.1. The summed E-state index contributed by atoms with van der Waals surface area (Å²) in [5, 5.41) is 22.5. The van der Waals surface area contributed by atoms with Gasteiger partial charge in [-0.2, -0.15) is 0 Å². The number of aromatic hydroxyl groups is 1. The normalized spacial score (nSPS) is 21.8. The molecule has 0 radical (unpaired) electrons. The standard InChI is InChI=1S/C20H30N2O3/c23-18-8-4-5-16(13-18)19(24)14-21-20(25)15-9-11-22(12-10-15)17-6-2-1-3-7-17/h4-5,8,13,15,17,19,23-24H,1-3,6-7,9-12,14H2,(H,21,25)/t19-/m1/s1. The molecule has 0 unspecified atom stereocenters. The quantitative estimate of drug-likeness (QED) is 0.766. The predicted molar refractivity (Wildman–Crippen MR) is 97.2 cm³/mol. The van der Waals surface area contributed by atoms with Crippen molar-refractivity contribution in [3.63, 3.8) is 0 Å². The topological polar surface area (TPSA) is 72.8 Å². The predicted octanol–water partition coefficient (Wildman–Crippen LogP) is 2.59. The van der Waals surface area contributed by atoms with Crippen molar-refractivity contribution in [3.05, 3.63) is 29.8 Å². The Morgan fingerprint density at radius 3 is 2.56 bits per heavy atom. The number of rotatable bonds is 5. The third-order valence-electron chi connectivity index (χ3n) is 5.72. The van der Waals surface area contributed by atoms with E-state index in [2.05, 4.69) is 10.2 Å². The molecule has 138 valence electrons. The van der Waals surface area contributed by atoms with Crippen LogP contribution < -0.4 is 5.32 Å². The third kappa shape index (κ3) is 4.95. The maximum Gasteiger partial charge on any atom is 0.223 e. The highest BCUT2D eigenvalue weighted by atomic mass is 16.3. The number of piperidine rings is 1. The highest BCUT2D eigenvalue weighted by molar-refractivity contribution is 5.78. The Hall–Kier alpha value is -1.59. The lowest BCUT2D eigenvalue weighted by Crippen LogP contribution is -2.45. The number of phenolic OH excluding ortho intramolecular Hbond substituents is 1. The summed E-state index contributed by atoms with van der Waals surface area (Å²) < 4.78 is 0. The van der Waals surface area contributed by atoms with E-state index in [-0.39, 0.29) is 24.1 Å². The van der Waals surface area contributed by atoms with Crippen LogP contribution in [0.2, 0.25) is 0 Å². The molecule has 25 heavy (non-hydrogen) atoms. The van der Waals surface area contributed by atoms with Crippen molar-refractivity contribution < 1.29 is 15.0 Å². The largest absolute Gasteiger partial charge is 0.508 e. The van der Waals surface area contributed by atoms with Gasteiger partial charge in [0.1, 0.15) is 5.75 Å². The van der Waals surface area contributed by atoms with Gasteiger partial charge in [0.15, 0.2) is 0 Å². The molecule has 1 aliphatic carbocycles. The van der Waals surface area contributed by atoms with Crippen LogP contribution in [0, 0.1) is 5.92 Å². The number of likely N-dealkylation sites (tertiary alicyclic amines) is 1. The maximum absolute atomic E-state index is 12.4. The van der Waals surface area contributed by atoms with Crippen molar-refractivity contribution in [2.45, 2.75) is 57.1 Å². The molecule has 3 rings (SSSR count). The Balaban J connectivity index is 1.42. The van der Waals surface area contributed by atoms with E-state index >= 15 is 0 Å². The Bertz CT molecular complexity index is 564. The monoisotopic (exact) mass is 346 g/mol. The Morgan fingerprint density at radius 1 is 1.16 bits per heavy atom. The van der Waals surface area contributed by atoms with Gasteiger partial charge in [-0.05, 0) is 56.5 Å². The van der Waals surface area contributed by atoms with Crippen LogP contribution in [0.1, 0.15) is 56.6 Å². The van der Waals surface area contributed by atoms with Gasteiger partial charge in [0.2, 0.25) is 5.91 Å². The fourth-order valence-electron chi connectivity index (χ4n) is 4.16. The van der Waals surface area contributed by atoms with Crippen LogP contribution in [0.5, 0.6) is 5.75 Å². The van der Waals surface area contributed by atoms with E-state index < -0.39 is 6.10 Å². The average Bonchev–Trinajstić information content (AvgIpc) is 2.66. The molecule has 1 saturated carbocycles. The first-order valence-corrected chi connectivity index (χ1v) is 9.62. The van der Waals surface area contributed by atoms with Gasteiger partial charge in [-0.15, -0.1) is 0 Å². The Morgan fingerprint density at radius 2 is 1.88 bits per heavy atom. The Kier molecular flexibility index (Phi) is 6.32. The summed E-state index contributed by atoms with van der Waals surface area (Å²) in [6, 6.07) is 7.26. The second-order valence-electron chi connectivity index (χ2n) is 7.46. The van der Waals surface area contributed by atoms with E-state index in [0.717, 1.165) is 32.0 Å². The van der Waals surface area contributed by atoms with Crippen molar-refractivity contribution in [1.82, 2.24) is 10.2 Å². The number of hydrogen-bond acceptors (Lipinski definition) is 4. The molecule has 1 aliphatic heterocycles. The van der Waals surface area contributed by atoms with Crippen molar-refractivity contribution in [2.24, 2.45) is 5.92 Å². The lowest BCUT2D eigenvalue weighted by Gasteiger charge is -2.39. The summed E-state index contributed by atoms with van der Waals surface area (Å²) >= 11 is 0. The number of amides is 1. The number of hydrogen-bond donors (Lipinski definition) is 3. The van der Waals surface area contributed by atoms with Crippen LogP contribution in [0.25, 0.3) is 0 Å². The molecule has 1 aromatic rings. The molecule has 1 aromatic carbocycles. The molecule has 3 N–H and O–H groups in total. The number of nitrogens with zero attached hydrogens (tertiary/aromatic N) is 1. The van der Waals surface area contributed by atoms with Gasteiger partial charge in [-0.25, -0.2) is 0 Å². The fraction of sp³-hybridized carbons (Fsp3) is 0.650. The first-order valence-electron chi connectivity index (χ1n) is 9.62. The van der Waals surface area contributed by atoms with Crippen LogP contribution >= 0.6 is 0 Å². The molecule has 2 aliphatic rings. The van der Waals surface area contributed by atoms with Gasteiger partial charge in [-0.1, -0.05) is 31.4 Å². The summed E-state index contributed by atoms with van der Waals surface area (Å²) in [6.07, 6.45) is 7.71. The molecule has 1 saturated heterocycles. The van der Waals surface area contributed by atoms with E-state index in [4.69, 9.17) is 0 Å². The van der Waals surface area contributed by atoms with Crippen LogP contribution in [0.4, 0.5) is 0 Å². The van der Waals surface area contributed by atoms with Gasteiger partial charge in [0.25, 0.3) is 0 Å². The summed E-state index contributed by atoms with van der Waals surface area (Å²) in [5.74, 6) is 0.219. The molecule has 1 atom stereocenters. The van der Waals surface area contributed by atoms with E-state index in [9.17, 15) is 15.0 Å². The lowest BCUT2D eigenvalue weighted by atomic mass is 9.90. The molecule has 0 spiro atoms. The van der Waals surface area contributed by atoms with Gasteiger partial charge in [0.05, 0.1) is 6.10 Å². The van der Waals surface area contributed by atoms with Gasteiger partial charge < -0.3 is 20.4 Å². The fourth-order valence-corrected chi connectivity index (χ4v) is 4.16. The van der Waals surface area contributed by atoms with Crippen molar-refractivity contribution in [2.75, 3.05) is 19.6 Å². The van der Waals surface area contributed by atoms with Crippen LogP contribution in [0.15, 0.2) is 24.3 Å². The zero-order valence-corrected chi connectivity index (χ0v) is 14.9. The average molecular weight is 346 g/mol. The summed E-state index contributed by atoms with van der Waals surface area (Å²) in [5.41, 5.74) is 0.618. The van der Waals surface area contributed by atoms with Gasteiger partial charge in [0, 0.05) is 18.5 Å². The molecule has 2 fully saturated rings. The minimum Gasteiger partial charge on any atom is -0.508 e. The molecule has 5 heteroatoms. The zero-order chi connectivity index (χ0) is 17.6. The molecule has 1 heterocycles. The number of carbonyl (C=O) groups excluding carboxylic acids is 1. The lowest BCUT2D eigenvalue weighted by molar-refractivity contribution is -0.127. The number of benzene rings is 1. The number of aliphatic hydroxyl groups is 1. The Labute approximate surface area is 150 Å². The zero-order valence-electron chi connectivity index (χ0n) is 14.9. The van der Waals surface area contributed by atoms with Crippen LogP contribution in [0.3, 0.4) is 0 Å². The minimum atomic E-state index is -0.793. The third-order valence-corrected chi connectivity index (χ3v) is 5.72. The highest BCUT2D eigenvalue weighted by Gasteiger charge is 2.29. The first kappa shape index (κ1) is 18.2. The maximum atomic E-state index is 12.4. The molecule has 0 bridgehead atoms. The molecular weight excluding hydrogens is 316 g/mol. The van der Waals surface area contributed by atoms with E-state index in [1.165, 1.54) is 38.2 Å². The highest BCUT2D eigenvalue weighted by Crippen LogP contribution is 2.27.